The first-order valence-electron chi connectivity index (χ1n) is 5.00. The predicted molar refractivity (Wildman–Crippen MR) is 64.3 cm³/mol. The van der Waals surface area contributed by atoms with Crippen molar-refractivity contribution in [2.24, 2.45) is 0 Å². The average Bonchev–Trinajstić information content (AvgIpc) is 2.07. The fourth-order valence-corrected chi connectivity index (χ4v) is 1.82. The Morgan fingerprint density at radius 2 is 1.80 bits per heavy atom. The second-order valence-corrected chi connectivity index (χ2v) is 5.46. The second kappa shape index (κ2) is 4.03. The molecule has 0 aromatic heterocycles. The van der Waals surface area contributed by atoms with E-state index < -0.39 is 0 Å². The largest absolute Gasteiger partial charge is 0.507 e. The number of halogens is 1. The van der Waals surface area contributed by atoms with Crippen molar-refractivity contribution >= 4 is 11.6 Å². The van der Waals surface area contributed by atoms with E-state index in [-0.39, 0.29) is 0 Å². The van der Waals surface area contributed by atoms with Gasteiger partial charge in [0, 0.05) is 5.02 Å². The van der Waals surface area contributed by atoms with Crippen LogP contribution < -0.4 is 0 Å². The highest BCUT2D eigenvalue weighted by Crippen LogP contribution is 2.32. The first-order chi connectivity index (χ1) is 6.72. The molecule has 1 rings (SSSR count). The quantitative estimate of drug-likeness (QED) is 0.772. The van der Waals surface area contributed by atoms with Crippen molar-refractivity contribution in [2.45, 2.75) is 20.4 Å². The minimum Gasteiger partial charge on any atom is -0.507 e. The molecular formula is C12H19ClNO+. The molecule has 0 bridgehead atoms. The van der Waals surface area contributed by atoms with Gasteiger partial charge in [0.15, 0.2) is 0 Å². The molecule has 0 aliphatic carbocycles. The van der Waals surface area contributed by atoms with Gasteiger partial charge in [0.2, 0.25) is 0 Å². The van der Waals surface area contributed by atoms with E-state index in [1.165, 1.54) is 0 Å². The molecule has 1 aromatic rings. The normalized spacial score (nSPS) is 11.9. The first kappa shape index (κ1) is 12.3. The van der Waals surface area contributed by atoms with E-state index >= 15 is 0 Å². The Morgan fingerprint density at radius 3 is 2.27 bits per heavy atom. The van der Waals surface area contributed by atoms with Crippen LogP contribution in [0, 0.1) is 13.8 Å². The van der Waals surface area contributed by atoms with Crippen LogP contribution in [0.25, 0.3) is 0 Å². The molecule has 0 atom stereocenters. The SMILES string of the molecule is Cc1cc(O)c(C[N+](C)(C)C)c(C)c1Cl. The maximum absolute atomic E-state index is 9.89. The van der Waals surface area contributed by atoms with E-state index in [1.807, 2.05) is 13.8 Å². The molecule has 0 unspecified atom stereocenters. The zero-order chi connectivity index (χ0) is 11.8. The predicted octanol–water partition coefficient (Wildman–Crippen LogP) is 2.87. The van der Waals surface area contributed by atoms with Gasteiger partial charge >= 0.3 is 0 Å². The molecule has 0 radical (unpaired) electrons. The maximum Gasteiger partial charge on any atom is 0.125 e. The van der Waals surface area contributed by atoms with Gasteiger partial charge in [-0.3, -0.25) is 0 Å². The van der Waals surface area contributed by atoms with Gasteiger partial charge in [-0.2, -0.15) is 0 Å². The number of hydrogen-bond donors (Lipinski definition) is 1. The van der Waals surface area contributed by atoms with Crippen LogP contribution in [0.1, 0.15) is 16.7 Å². The zero-order valence-electron chi connectivity index (χ0n) is 10.1. The Labute approximate surface area is 96.7 Å². The van der Waals surface area contributed by atoms with Crippen LogP contribution in [0.3, 0.4) is 0 Å². The fraction of sp³-hybridized carbons (Fsp3) is 0.500. The number of phenols is 1. The highest BCUT2D eigenvalue weighted by atomic mass is 35.5. The highest BCUT2D eigenvalue weighted by molar-refractivity contribution is 6.32. The maximum atomic E-state index is 9.89. The second-order valence-electron chi connectivity index (χ2n) is 5.08. The lowest BCUT2D eigenvalue weighted by Gasteiger charge is -2.25. The summed E-state index contributed by atoms with van der Waals surface area (Å²) in [6.07, 6.45) is 0. The van der Waals surface area contributed by atoms with Gasteiger partial charge in [-0.15, -0.1) is 0 Å². The third-order valence-electron chi connectivity index (χ3n) is 2.42. The van der Waals surface area contributed by atoms with E-state index in [2.05, 4.69) is 21.1 Å². The average molecular weight is 229 g/mol. The Morgan fingerprint density at radius 1 is 1.27 bits per heavy atom. The van der Waals surface area contributed by atoms with E-state index in [0.717, 1.165) is 32.7 Å². The van der Waals surface area contributed by atoms with Gasteiger partial charge < -0.3 is 9.59 Å². The summed E-state index contributed by atoms with van der Waals surface area (Å²) in [6.45, 7) is 4.64. The van der Waals surface area contributed by atoms with Crippen molar-refractivity contribution in [3.05, 3.63) is 27.8 Å². The summed E-state index contributed by atoms with van der Waals surface area (Å²) in [7, 11) is 6.27. The van der Waals surface area contributed by atoms with Gasteiger partial charge in [0.25, 0.3) is 0 Å². The summed E-state index contributed by atoms with van der Waals surface area (Å²) < 4.78 is 0.772. The Bertz CT molecular complexity index is 380. The summed E-state index contributed by atoms with van der Waals surface area (Å²) in [5.74, 6) is 0.349. The standard InChI is InChI=1S/C12H18ClNO/c1-8-6-11(15)10(7-14(3,4)5)9(2)12(8)13/h6H,7H2,1-5H3/p+1. The molecule has 0 aliphatic heterocycles. The number of hydrogen-bond acceptors (Lipinski definition) is 1. The number of phenolic OH excluding ortho intramolecular Hbond substituents is 1. The molecule has 1 N–H and O–H groups in total. The third kappa shape index (κ3) is 2.86. The van der Waals surface area contributed by atoms with Crippen LogP contribution in [0.5, 0.6) is 5.75 Å². The zero-order valence-corrected chi connectivity index (χ0v) is 10.8. The molecule has 15 heavy (non-hydrogen) atoms. The van der Waals surface area contributed by atoms with Crippen molar-refractivity contribution in [3.63, 3.8) is 0 Å². The number of rotatable bonds is 2. The van der Waals surface area contributed by atoms with Gasteiger partial charge in [0.1, 0.15) is 12.3 Å². The van der Waals surface area contributed by atoms with Gasteiger partial charge in [-0.1, -0.05) is 11.6 Å². The number of aryl methyl sites for hydroxylation is 1. The van der Waals surface area contributed by atoms with Crippen LogP contribution in [0.4, 0.5) is 0 Å². The molecule has 2 nitrogen and oxygen atoms in total. The minimum absolute atomic E-state index is 0.349. The van der Waals surface area contributed by atoms with E-state index in [9.17, 15) is 5.11 Å². The molecule has 1 aromatic carbocycles. The molecule has 0 heterocycles. The van der Waals surface area contributed by atoms with E-state index in [4.69, 9.17) is 11.6 Å². The molecule has 0 aliphatic rings. The smallest absolute Gasteiger partial charge is 0.125 e. The lowest BCUT2D eigenvalue weighted by molar-refractivity contribution is -0.884. The fourth-order valence-electron chi connectivity index (χ4n) is 1.65. The first-order valence-corrected chi connectivity index (χ1v) is 5.38. The number of quaternary nitrogens is 1. The molecule has 0 saturated carbocycles. The highest BCUT2D eigenvalue weighted by Gasteiger charge is 2.17. The van der Waals surface area contributed by atoms with Crippen molar-refractivity contribution in [3.8, 4) is 5.75 Å². The van der Waals surface area contributed by atoms with Crippen molar-refractivity contribution in [1.29, 1.82) is 0 Å². The number of nitrogens with zero attached hydrogens (tertiary/aromatic N) is 1. The lowest BCUT2D eigenvalue weighted by Crippen LogP contribution is -2.33. The van der Waals surface area contributed by atoms with Crippen LogP contribution in [-0.4, -0.2) is 30.7 Å². The monoisotopic (exact) mass is 228 g/mol. The third-order valence-corrected chi connectivity index (χ3v) is 3.00. The Kier molecular flexibility index (Phi) is 3.31. The van der Waals surface area contributed by atoms with Crippen LogP contribution >= 0.6 is 11.6 Å². The molecule has 3 heteroatoms. The molecule has 0 saturated heterocycles. The minimum atomic E-state index is 0.349. The van der Waals surface area contributed by atoms with Gasteiger partial charge in [-0.05, 0) is 31.0 Å². The molecule has 0 spiro atoms. The van der Waals surface area contributed by atoms with Crippen molar-refractivity contribution in [1.82, 2.24) is 0 Å². The van der Waals surface area contributed by atoms with Crippen molar-refractivity contribution < 1.29 is 9.59 Å². The topological polar surface area (TPSA) is 20.2 Å². The van der Waals surface area contributed by atoms with Crippen LogP contribution in [-0.2, 0) is 6.54 Å². The van der Waals surface area contributed by atoms with Gasteiger partial charge in [0.05, 0.1) is 26.7 Å². The number of benzene rings is 1. The van der Waals surface area contributed by atoms with E-state index in [0.29, 0.717) is 5.75 Å². The van der Waals surface area contributed by atoms with Crippen molar-refractivity contribution in [2.75, 3.05) is 21.1 Å². The summed E-state index contributed by atoms with van der Waals surface area (Å²) in [4.78, 5) is 0. The summed E-state index contributed by atoms with van der Waals surface area (Å²) in [5.41, 5.74) is 2.86. The summed E-state index contributed by atoms with van der Waals surface area (Å²) >= 11 is 6.17. The van der Waals surface area contributed by atoms with Crippen LogP contribution in [0.2, 0.25) is 5.02 Å². The van der Waals surface area contributed by atoms with Crippen LogP contribution in [0.15, 0.2) is 6.07 Å². The molecule has 0 amide bonds. The van der Waals surface area contributed by atoms with Gasteiger partial charge in [-0.25, -0.2) is 0 Å². The number of aromatic hydroxyl groups is 1. The Hall–Kier alpha value is -0.730. The molecule has 0 fully saturated rings. The lowest BCUT2D eigenvalue weighted by atomic mass is 10.0. The molecule has 84 valence electrons. The molecular weight excluding hydrogens is 210 g/mol. The Balaban J connectivity index is 3.24. The van der Waals surface area contributed by atoms with E-state index in [1.54, 1.807) is 6.07 Å². The summed E-state index contributed by atoms with van der Waals surface area (Å²) in [5, 5.41) is 10.7. The summed E-state index contributed by atoms with van der Waals surface area (Å²) in [6, 6.07) is 1.74.